The molecule has 0 amide bonds. The van der Waals surface area contributed by atoms with Gasteiger partial charge in [0.1, 0.15) is 0 Å². The van der Waals surface area contributed by atoms with Gasteiger partial charge in [0.05, 0.1) is 23.3 Å². The SMILES string of the molecule is Cn1cc(-c2ccc3c(C4(C(=O)O)CCCCC4)cnn3c2)cn1. The zero-order valence-corrected chi connectivity index (χ0v) is 13.6. The van der Waals surface area contributed by atoms with Gasteiger partial charge in [-0.25, -0.2) is 4.52 Å². The number of rotatable bonds is 3. The number of pyridine rings is 1. The summed E-state index contributed by atoms with van der Waals surface area (Å²) >= 11 is 0. The number of carbonyl (C=O) groups is 1. The molecule has 4 rings (SSSR count). The van der Waals surface area contributed by atoms with Gasteiger partial charge in [-0.2, -0.15) is 10.2 Å². The number of carboxylic acid groups (broad SMARTS) is 1. The number of aromatic nitrogens is 4. The standard InChI is InChI=1S/C18H20N4O2/c1-21-11-14(9-19-21)13-5-6-16-15(10-20-22(16)12-13)18(17(23)24)7-3-2-4-8-18/h5-6,9-12H,2-4,7-8H2,1H3,(H,23,24). The zero-order valence-electron chi connectivity index (χ0n) is 13.6. The number of aliphatic carboxylic acids is 1. The summed E-state index contributed by atoms with van der Waals surface area (Å²) < 4.78 is 3.55. The van der Waals surface area contributed by atoms with Crippen LogP contribution in [0, 0.1) is 0 Å². The van der Waals surface area contributed by atoms with Crippen LogP contribution in [0.25, 0.3) is 16.6 Å². The van der Waals surface area contributed by atoms with Gasteiger partial charge in [0.15, 0.2) is 0 Å². The summed E-state index contributed by atoms with van der Waals surface area (Å²) in [5.74, 6) is -0.728. The Balaban J connectivity index is 1.81. The summed E-state index contributed by atoms with van der Waals surface area (Å²) in [5.41, 5.74) is 2.95. The van der Waals surface area contributed by atoms with E-state index in [1.807, 2.05) is 37.8 Å². The fourth-order valence-electron chi connectivity index (χ4n) is 3.85. The van der Waals surface area contributed by atoms with Gasteiger partial charge in [-0.1, -0.05) is 25.3 Å². The number of carboxylic acids is 1. The first-order chi connectivity index (χ1) is 11.6. The molecule has 24 heavy (non-hydrogen) atoms. The molecular weight excluding hydrogens is 304 g/mol. The minimum atomic E-state index is -0.796. The van der Waals surface area contributed by atoms with Gasteiger partial charge >= 0.3 is 5.97 Å². The van der Waals surface area contributed by atoms with Crippen molar-refractivity contribution in [1.29, 1.82) is 0 Å². The van der Waals surface area contributed by atoms with Crippen LogP contribution in [0.15, 0.2) is 36.9 Å². The van der Waals surface area contributed by atoms with Crippen molar-refractivity contribution in [3.63, 3.8) is 0 Å². The highest BCUT2D eigenvalue weighted by Gasteiger charge is 2.43. The van der Waals surface area contributed by atoms with E-state index in [-0.39, 0.29) is 0 Å². The van der Waals surface area contributed by atoms with Crippen molar-refractivity contribution in [2.45, 2.75) is 37.5 Å². The molecule has 1 fully saturated rings. The van der Waals surface area contributed by atoms with Gasteiger partial charge in [0.2, 0.25) is 0 Å². The monoisotopic (exact) mass is 324 g/mol. The first kappa shape index (κ1) is 14.9. The summed E-state index contributed by atoms with van der Waals surface area (Å²) in [4.78, 5) is 12.1. The van der Waals surface area contributed by atoms with Crippen LogP contribution in [0.1, 0.15) is 37.7 Å². The lowest BCUT2D eigenvalue weighted by atomic mass is 9.70. The molecule has 0 aliphatic heterocycles. The maximum absolute atomic E-state index is 12.1. The average Bonchev–Trinajstić information content (AvgIpc) is 3.21. The van der Waals surface area contributed by atoms with E-state index in [0.29, 0.717) is 12.8 Å². The van der Waals surface area contributed by atoms with Crippen LogP contribution >= 0.6 is 0 Å². The van der Waals surface area contributed by atoms with Crippen molar-refractivity contribution < 1.29 is 9.90 Å². The maximum Gasteiger partial charge on any atom is 0.314 e. The molecule has 1 aliphatic rings. The van der Waals surface area contributed by atoms with Crippen molar-refractivity contribution in [2.75, 3.05) is 0 Å². The van der Waals surface area contributed by atoms with Crippen LogP contribution in [0.3, 0.4) is 0 Å². The third kappa shape index (κ3) is 2.21. The van der Waals surface area contributed by atoms with Crippen LogP contribution in [0.5, 0.6) is 0 Å². The van der Waals surface area contributed by atoms with Gasteiger partial charge in [0.25, 0.3) is 0 Å². The lowest BCUT2D eigenvalue weighted by Gasteiger charge is -2.32. The molecule has 1 aliphatic carbocycles. The van der Waals surface area contributed by atoms with E-state index < -0.39 is 11.4 Å². The van der Waals surface area contributed by atoms with Crippen LogP contribution in [-0.4, -0.2) is 30.5 Å². The number of hydrogen-bond acceptors (Lipinski definition) is 3. The highest BCUT2D eigenvalue weighted by molar-refractivity contribution is 5.85. The van der Waals surface area contributed by atoms with Crippen molar-refractivity contribution in [3.05, 3.63) is 42.5 Å². The van der Waals surface area contributed by atoms with Gasteiger partial charge < -0.3 is 5.11 Å². The quantitative estimate of drug-likeness (QED) is 0.804. The maximum atomic E-state index is 12.1. The van der Waals surface area contributed by atoms with Gasteiger partial charge in [0, 0.05) is 36.1 Å². The molecule has 0 saturated heterocycles. The summed E-state index contributed by atoms with van der Waals surface area (Å²) in [6, 6.07) is 3.99. The first-order valence-electron chi connectivity index (χ1n) is 8.30. The van der Waals surface area contributed by atoms with E-state index in [2.05, 4.69) is 10.2 Å². The molecule has 0 radical (unpaired) electrons. The Hall–Kier alpha value is -2.63. The molecule has 6 nitrogen and oxygen atoms in total. The second-order valence-electron chi connectivity index (χ2n) is 6.66. The first-order valence-corrected chi connectivity index (χ1v) is 8.30. The molecule has 0 atom stereocenters. The normalized spacial score (nSPS) is 17.2. The Kier molecular flexibility index (Phi) is 3.40. The van der Waals surface area contributed by atoms with Crippen LogP contribution in [0.4, 0.5) is 0 Å². The molecule has 3 aromatic rings. The number of fused-ring (bicyclic) bond motifs is 1. The Bertz CT molecular complexity index is 903. The van der Waals surface area contributed by atoms with E-state index in [1.165, 1.54) is 0 Å². The smallest absolute Gasteiger partial charge is 0.314 e. The fraction of sp³-hybridized carbons (Fsp3) is 0.389. The Labute approximate surface area is 139 Å². The average molecular weight is 324 g/mol. The highest BCUT2D eigenvalue weighted by atomic mass is 16.4. The summed E-state index contributed by atoms with van der Waals surface area (Å²) in [6.45, 7) is 0. The molecule has 0 unspecified atom stereocenters. The Morgan fingerprint density at radius 3 is 2.54 bits per heavy atom. The fourth-order valence-corrected chi connectivity index (χ4v) is 3.85. The van der Waals surface area contributed by atoms with Crippen LogP contribution < -0.4 is 0 Å². The predicted octanol–water partition coefficient (Wildman–Crippen LogP) is 3.02. The second-order valence-corrected chi connectivity index (χ2v) is 6.66. The van der Waals surface area contributed by atoms with E-state index in [4.69, 9.17) is 0 Å². The van der Waals surface area contributed by atoms with Crippen molar-refractivity contribution in [2.24, 2.45) is 7.05 Å². The van der Waals surface area contributed by atoms with E-state index in [1.54, 1.807) is 15.4 Å². The third-order valence-electron chi connectivity index (χ3n) is 5.19. The largest absolute Gasteiger partial charge is 0.481 e. The zero-order chi connectivity index (χ0) is 16.7. The molecule has 6 heteroatoms. The Morgan fingerprint density at radius 1 is 1.08 bits per heavy atom. The molecule has 1 saturated carbocycles. The molecule has 0 spiro atoms. The minimum absolute atomic E-state index is 0.689. The third-order valence-corrected chi connectivity index (χ3v) is 5.19. The summed E-state index contributed by atoms with van der Waals surface area (Å²) in [6.07, 6.45) is 11.8. The Morgan fingerprint density at radius 2 is 1.88 bits per heavy atom. The highest BCUT2D eigenvalue weighted by Crippen LogP contribution is 2.41. The number of hydrogen-bond donors (Lipinski definition) is 1. The number of nitrogens with zero attached hydrogens (tertiary/aromatic N) is 4. The molecule has 1 N–H and O–H groups in total. The second kappa shape index (κ2) is 5.47. The van der Waals surface area contributed by atoms with Crippen LogP contribution in [0.2, 0.25) is 0 Å². The van der Waals surface area contributed by atoms with Gasteiger partial charge in [-0.3, -0.25) is 9.48 Å². The lowest BCUT2D eigenvalue weighted by molar-refractivity contribution is -0.145. The van der Waals surface area contributed by atoms with Crippen LogP contribution in [-0.2, 0) is 17.3 Å². The van der Waals surface area contributed by atoms with Gasteiger partial charge in [-0.05, 0) is 18.9 Å². The molecule has 0 bridgehead atoms. The molecular formula is C18H20N4O2. The lowest BCUT2D eigenvalue weighted by Crippen LogP contribution is -2.37. The van der Waals surface area contributed by atoms with Crippen molar-refractivity contribution >= 4 is 11.5 Å². The molecule has 124 valence electrons. The van der Waals surface area contributed by atoms with E-state index in [0.717, 1.165) is 41.5 Å². The topological polar surface area (TPSA) is 72.4 Å². The van der Waals surface area contributed by atoms with Gasteiger partial charge in [-0.15, -0.1) is 0 Å². The molecule has 0 aromatic carbocycles. The molecule has 3 aromatic heterocycles. The van der Waals surface area contributed by atoms with Crippen molar-refractivity contribution in [1.82, 2.24) is 19.4 Å². The van der Waals surface area contributed by atoms with E-state index in [9.17, 15) is 9.90 Å². The minimum Gasteiger partial charge on any atom is -0.481 e. The summed E-state index contributed by atoms with van der Waals surface area (Å²) in [5, 5.41) is 18.5. The van der Waals surface area contributed by atoms with E-state index >= 15 is 0 Å². The van der Waals surface area contributed by atoms with Crippen molar-refractivity contribution in [3.8, 4) is 11.1 Å². The molecule has 3 heterocycles. The summed E-state index contributed by atoms with van der Waals surface area (Å²) in [7, 11) is 1.88. The number of aryl methyl sites for hydroxylation is 1. The predicted molar refractivity (Wildman–Crippen MR) is 89.8 cm³/mol.